The molecule has 1 aromatic carbocycles. The summed E-state index contributed by atoms with van der Waals surface area (Å²) in [5, 5.41) is 3.83. The Morgan fingerprint density at radius 1 is 1.17 bits per heavy atom. The van der Waals surface area contributed by atoms with Gasteiger partial charge < -0.3 is 19.5 Å². The van der Waals surface area contributed by atoms with Crippen molar-refractivity contribution in [1.82, 2.24) is 0 Å². The highest BCUT2D eigenvalue weighted by molar-refractivity contribution is 6.32. The Labute approximate surface area is 113 Å². The first-order valence-electron chi connectivity index (χ1n) is 5.92. The summed E-state index contributed by atoms with van der Waals surface area (Å²) in [5.74, 6) is 0.679. The summed E-state index contributed by atoms with van der Waals surface area (Å²) in [4.78, 5) is 0. The molecule has 0 bridgehead atoms. The number of hydrogen-bond donors (Lipinski definition) is 1. The molecule has 1 N–H and O–H groups in total. The summed E-state index contributed by atoms with van der Waals surface area (Å²) >= 11 is 6.02. The van der Waals surface area contributed by atoms with Crippen LogP contribution in [-0.2, 0) is 9.47 Å². The maximum atomic E-state index is 6.02. The molecule has 5 heteroatoms. The van der Waals surface area contributed by atoms with Gasteiger partial charge in [-0.05, 0) is 24.6 Å². The molecule has 0 saturated carbocycles. The van der Waals surface area contributed by atoms with Crippen LogP contribution < -0.4 is 10.1 Å². The van der Waals surface area contributed by atoms with E-state index in [0.717, 1.165) is 31.9 Å². The second kappa shape index (κ2) is 9.03. The van der Waals surface area contributed by atoms with Gasteiger partial charge in [0.05, 0.1) is 18.7 Å². The average Bonchev–Trinajstić information content (AvgIpc) is 2.38. The molecule has 0 amide bonds. The lowest BCUT2D eigenvalue weighted by molar-refractivity contribution is 0.109. The zero-order valence-corrected chi connectivity index (χ0v) is 11.6. The van der Waals surface area contributed by atoms with Crippen molar-refractivity contribution in [3.05, 3.63) is 23.2 Å². The molecule has 0 aromatic heterocycles. The van der Waals surface area contributed by atoms with Crippen LogP contribution in [0.25, 0.3) is 0 Å². The van der Waals surface area contributed by atoms with E-state index in [0.29, 0.717) is 17.4 Å². The Hall–Kier alpha value is -0.970. The first-order valence-corrected chi connectivity index (χ1v) is 6.30. The molecule has 0 heterocycles. The highest BCUT2D eigenvalue weighted by Crippen LogP contribution is 2.26. The quantitative estimate of drug-likeness (QED) is 0.703. The molecule has 0 aliphatic carbocycles. The van der Waals surface area contributed by atoms with Crippen molar-refractivity contribution in [1.29, 1.82) is 0 Å². The maximum absolute atomic E-state index is 6.02. The number of rotatable bonds is 9. The zero-order valence-electron chi connectivity index (χ0n) is 10.9. The molecule has 102 valence electrons. The van der Waals surface area contributed by atoms with Crippen molar-refractivity contribution in [2.45, 2.75) is 6.42 Å². The van der Waals surface area contributed by atoms with Gasteiger partial charge in [0.2, 0.25) is 0 Å². The highest BCUT2D eigenvalue weighted by Gasteiger charge is 2.00. The minimum absolute atomic E-state index is 0.600. The van der Waals surface area contributed by atoms with Crippen molar-refractivity contribution in [3.8, 4) is 5.75 Å². The SMILES string of the molecule is COCCCOCCNc1ccc(OC)c(Cl)c1. The summed E-state index contributed by atoms with van der Waals surface area (Å²) < 4.78 is 15.4. The Morgan fingerprint density at radius 3 is 2.67 bits per heavy atom. The van der Waals surface area contributed by atoms with Gasteiger partial charge in [-0.3, -0.25) is 0 Å². The average molecular weight is 274 g/mol. The molecule has 1 aromatic rings. The molecular weight excluding hydrogens is 254 g/mol. The Kier molecular flexibility index (Phi) is 7.57. The number of methoxy groups -OCH3 is 2. The molecule has 0 spiro atoms. The second-order valence-electron chi connectivity index (χ2n) is 3.73. The van der Waals surface area contributed by atoms with Crippen LogP contribution in [0.4, 0.5) is 5.69 Å². The Bertz CT molecular complexity index is 347. The molecule has 0 saturated heterocycles. The van der Waals surface area contributed by atoms with E-state index in [1.165, 1.54) is 0 Å². The van der Waals surface area contributed by atoms with Crippen LogP contribution >= 0.6 is 11.6 Å². The normalized spacial score (nSPS) is 10.4. The van der Waals surface area contributed by atoms with Gasteiger partial charge in [0.1, 0.15) is 5.75 Å². The molecule has 0 atom stereocenters. The molecule has 0 fully saturated rings. The third-order valence-electron chi connectivity index (χ3n) is 2.36. The lowest BCUT2D eigenvalue weighted by Gasteiger charge is -2.09. The first kappa shape index (κ1) is 15.1. The monoisotopic (exact) mass is 273 g/mol. The number of hydrogen-bond acceptors (Lipinski definition) is 4. The molecule has 0 aliphatic heterocycles. The van der Waals surface area contributed by atoms with Crippen LogP contribution in [0, 0.1) is 0 Å². The maximum Gasteiger partial charge on any atom is 0.137 e. The van der Waals surface area contributed by atoms with Crippen molar-refractivity contribution >= 4 is 17.3 Å². The number of benzene rings is 1. The molecule has 0 unspecified atom stereocenters. The predicted molar refractivity (Wildman–Crippen MR) is 73.8 cm³/mol. The lowest BCUT2D eigenvalue weighted by Crippen LogP contribution is -2.10. The van der Waals surface area contributed by atoms with Crippen molar-refractivity contribution in [3.63, 3.8) is 0 Å². The van der Waals surface area contributed by atoms with Gasteiger partial charge in [-0.15, -0.1) is 0 Å². The fourth-order valence-corrected chi connectivity index (χ4v) is 1.71. The molecule has 1 rings (SSSR count). The lowest BCUT2D eigenvalue weighted by atomic mass is 10.3. The Morgan fingerprint density at radius 2 is 2.00 bits per heavy atom. The van der Waals surface area contributed by atoms with Gasteiger partial charge in [-0.2, -0.15) is 0 Å². The van der Waals surface area contributed by atoms with E-state index < -0.39 is 0 Å². The van der Waals surface area contributed by atoms with Crippen molar-refractivity contribution in [2.75, 3.05) is 45.9 Å². The van der Waals surface area contributed by atoms with E-state index in [1.807, 2.05) is 18.2 Å². The zero-order chi connectivity index (χ0) is 13.2. The van der Waals surface area contributed by atoms with E-state index in [9.17, 15) is 0 Å². The predicted octanol–water partition coefficient (Wildman–Crippen LogP) is 2.81. The summed E-state index contributed by atoms with van der Waals surface area (Å²) in [6, 6.07) is 5.60. The van der Waals surface area contributed by atoms with Crippen LogP contribution in [0.1, 0.15) is 6.42 Å². The topological polar surface area (TPSA) is 39.7 Å². The summed E-state index contributed by atoms with van der Waals surface area (Å²) in [5.41, 5.74) is 0.960. The van der Waals surface area contributed by atoms with E-state index in [-0.39, 0.29) is 0 Å². The van der Waals surface area contributed by atoms with Crippen LogP contribution in [-0.4, -0.2) is 40.6 Å². The third kappa shape index (κ3) is 5.58. The minimum atomic E-state index is 0.600. The van der Waals surface area contributed by atoms with Crippen LogP contribution in [0.2, 0.25) is 5.02 Å². The van der Waals surface area contributed by atoms with Crippen molar-refractivity contribution < 1.29 is 14.2 Å². The first-order chi connectivity index (χ1) is 8.77. The molecule has 4 nitrogen and oxygen atoms in total. The summed E-state index contributed by atoms with van der Waals surface area (Å²) in [6.45, 7) is 2.86. The summed E-state index contributed by atoms with van der Waals surface area (Å²) in [6.07, 6.45) is 0.921. The Balaban J connectivity index is 2.17. The van der Waals surface area contributed by atoms with Gasteiger partial charge in [0.25, 0.3) is 0 Å². The molecule has 18 heavy (non-hydrogen) atoms. The fraction of sp³-hybridized carbons (Fsp3) is 0.538. The third-order valence-corrected chi connectivity index (χ3v) is 2.66. The van der Waals surface area contributed by atoms with Gasteiger partial charge in [-0.1, -0.05) is 11.6 Å². The van der Waals surface area contributed by atoms with Crippen LogP contribution in [0.3, 0.4) is 0 Å². The number of nitrogens with one attached hydrogen (secondary N) is 1. The van der Waals surface area contributed by atoms with E-state index >= 15 is 0 Å². The molecule has 0 radical (unpaired) electrons. The van der Waals surface area contributed by atoms with E-state index in [4.69, 9.17) is 25.8 Å². The van der Waals surface area contributed by atoms with Crippen LogP contribution in [0.15, 0.2) is 18.2 Å². The van der Waals surface area contributed by atoms with Gasteiger partial charge in [-0.25, -0.2) is 0 Å². The number of anilines is 1. The fourth-order valence-electron chi connectivity index (χ4n) is 1.45. The highest BCUT2D eigenvalue weighted by atomic mass is 35.5. The minimum Gasteiger partial charge on any atom is -0.495 e. The van der Waals surface area contributed by atoms with E-state index in [2.05, 4.69) is 5.32 Å². The molecule has 0 aliphatic rings. The standard InChI is InChI=1S/C13H20ClNO3/c1-16-7-3-8-18-9-6-15-11-4-5-13(17-2)12(14)10-11/h4-5,10,15H,3,6-9H2,1-2H3. The number of ether oxygens (including phenoxy) is 3. The number of halogens is 1. The summed E-state index contributed by atoms with van der Waals surface area (Å²) in [7, 11) is 3.29. The smallest absolute Gasteiger partial charge is 0.137 e. The molecular formula is C13H20ClNO3. The largest absolute Gasteiger partial charge is 0.495 e. The van der Waals surface area contributed by atoms with Gasteiger partial charge in [0.15, 0.2) is 0 Å². The van der Waals surface area contributed by atoms with Crippen molar-refractivity contribution in [2.24, 2.45) is 0 Å². The second-order valence-corrected chi connectivity index (χ2v) is 4.14. The van der Waals surface area contributed by atoms with Gasteiger partial charge >= 0.3 is 0 Å². The van der Waals surface area contributed by atoms with Gasteiger partial charge in [0, 0.05) is 32.6 Å². The van der Waals surface area contributed by atoms with E-state index in [1.54, 1.807) is 14.2 Å². The van der Waals surface area contributed by atoms with Crippen LogP contribution in [0.5, 0.6) is 5.75 Å².